The minimum atomic E-state index is -3.41. The molecule has 2 aromatic carbocycles. The second-order valence-corrected chi connectivity index (χ2v) is 7.66. The maximum atomic E-state index is 12.5. The number of carbonyl (C=O) groups is 2. The Morgan fingerprint density at radius 1 is 1.16 bits per heavy atom. The molecule has 1 atom stereocenters. The quantitative estimate of drug-likeness (QED) is 0.699. The zero-order valence-electron chi connectivity index (χ0n) is 13.3. The number of rotatable bonds is 5. The largest absolute Gasteiger partial charge is 0.375 e. The number of sulfonamides is 1. The minimum Gasteiger partial charge on any atom is -0.375 e. The molecule has 0 radical (unpaired) electrons. The highest BCUT2D eigenvalue weighted by Crippen LogP contribution is 2.38. The van der Waals surface area contributed by atoms with Crippen molar-refractivity contribution in [2.24, 2.45) is 0 Å². The van der Waals surface area contributed by atoms with Crippen molar-refractivity contribution in [2.75, 3.05) is 16.3 Å². The lowest BCUT2D eigenvalue weighted by atomic mass is 9.88. The van der Waals surface area contributed by atoms with Gasteiger partial charge >= 0.3 is 0 Å². The first kappa shape index (κ1) is 17.1. The van der Waals surface area contributed by atoms with Gasteiger partial charge in [-0.1, -0.05) is 18.2 Å². The molecule has 0 bridgehead atoms. The molecule has 0 spiro atoms. The number of aliphatic hydroxyl groups is 1. The van der Waals surface area contributed by atoms with Crippen LogP contribution >= 0.6 is 0 Å². The molecular weight excluding hydrogens is 344 g/mol. The molecule has 0 saturated heterocycles. The number of hydrogen-bond donors (Lipinski definition) is 3. The van der Waals surface area contributed by atoms with Gasteiger partial charge in [0.2, 0.25) is 10.0 Å². The van der Waals surface area contributed by atoms with Gasteiger partial charge in [-0.2, -0.15) is 0 Å². The van der Waals surface area contributed by atoms with Gasteiger partial charge in [0.25, 0.3) is 5.91 Å². The summed E-state index contributed by atoms with van der Waals surface area (Å²) in [4.78, 5) is 24.6. The molecule has 1 aliphatic rings. The first-order chi connectivity index (χ1) is 11.7. The van der Waals surface area contributed by atoms with Crippen molar-refractivity contribution in [3.8, 4) is 0 Å². The van der Waals surface area contributed by atoms with E-state index in [2.05, 4.69) is 10.0 Å². The van der Waals surface area contributed by atoms with E-state index in [-0.39, 0.29) is 5.56 Å². The Morgan fingerprint density at radius 3 is 2.44 bits per heavy atom. The number of Topliss-reactive ketones (excluding diaryl/α,β-unsaturated/α-hetero) is 1. The van der Waals surface area contributed by atoms with Crippen molar-refractivity contribution in [3.63, 3.8) is 0 Å². The molecule has 1 amide bonds. The lowest BCUT2D eigenvalue weighted by molar-refractivity contribution is -0.133. The van der Waals surface area contributed by atoms with Crippen molar-refractivity contribution < 1.29 is 23.1 Å². The number of carbonyl (C=O) groups excluding carboxylic acids is 2. The van der Waals surface area contributed by atoms with Crippen molar-refractivity contribution in [1.29, 1.82) is 0 Å². The number of anilines is 2. The Labute approximate surface area is 144 Å². The van der Waals surface area contributed by atoms with Gasteiger partial charge in [-0.25, -0.2) is 8.42 Å². The van der Waals surface area contributed by atoms with Gasteiger partial charge in [-0.15, -0.1) is 0 Å². The number of benzene rings is 2. The van der Waals surface area contributed by atoms with Crippen LogP contribution in [-0.2, 0) is 20.4 Å². The fraction of sp³-hybridized carbons (Fsp3) is 0.176. The van der Waals surface area contributed by atoms with Crippen molar-refractivity contribution in [3.05, 3.63) is 59.7 Å². The third kappa shape index (κ3) is 3.40. The van der Waals surface area contributed by atoms with Gasteiger partial charge in [0.15, 0.2) is 11.4 Å². The topological polar surface area (TPSA) is 113 Å². The van der Waals surface area contributed by atoms with Crippen LogP contribution in [0.15, 0.2) is 48.5 Å². The van der Waals surface area contributed by atoms with Crippen LogP contribution in [0.4, 0.5) is 11.4 Å². The number of para-hydroxylation sites is 1. The molecule has 0 saturated carbocycles. The first-order valence-corrected chi connectivity index (χ1v) is 9.32. The molecule has 1 aliphatic heterocycles. The third-order valence-corrected chi connectivity index (χ3v) is 4.53. The van der Waals surface area contributed by atoms with Crippen LogP contribution in [0.1, 0.15) is 22.3 Å². The van der Waals surface area contributed by atoms with Crippen molar-refractivity contribution in [2.45, 2.75) is 12.0 Å². The molecule has 2 aromatic rings. The molecule has 25 heavy (non-hydrogen) atoms. The second kappa shape index (κ2) is 5.98. The van der Waals surface area contributed by atoms with Crippen LogP contribution in [0.2, 0.25) is 0 Å². The van der Waals surface area contributed by atoms with Crippen LogP contribution < -0.4 is 10.0 Å². The van der Waals surface area contributed by atoms with Crippen LogP contribution in [0, 0.1) is 0 Å². The molecule has 8 heteroatoms. The van der Waals surface area contributed by atoms with E-state index in [1.165, 1.54) is 24.3 Å². The summed E-state index contributed by atoms with van der Waals surface area (Å²) < 4.78 is 24.7. The predicted molar refractivity (Wildman–Crippen MR) is 92.8 cm³/mol. The molecule has 3 N–H and O–H groups in total. The summed E-state index contributed by atoms with van der Waals surface area (Å²) in [7, 11) is -3.41. The fourth-order valence-electron chi connectivity index (χ4n) is 2.75. The monoisotopic (exact) mass is 360 g/mol. The average Bonchev–Trinajstić information content (AvgIpc) is 2.78. The maximum Gasteiger partial charge on any atom is 0.261 e. The summed E-state index contributed by atoms with van der Waals surface area (Å²) in [6.45, 7) is 0. The number of fused-ring (bicyclic) bond motifs is 1. The highest BCUT2D eigenvalue weighted by Gasteiger charge is 2.46. The standard InChI is InChI=1S/C17H16N2O5S/c1-25(23,24)19-12-8-6-11(7-9-12)15(20)10-17(22)13-4-2-3-5-14(13)18-16(17)21/h2-9,19,22H,10H2,1H3,(H,18,21)/t17-/m1/s1. The van der Waals surface area contributed by atoms with Gasteiger partial charge < -0.3 is 10.4 Å². The average molecular weight is 360 g/mol. The SMILES string of the molecule is CS(=O)(=O)Nc1ccc(C(=O)C[C@]2(O)C(=O)Nc3ccccc32)cc1. The molecule has 3 rings (SSSR count). The second-order valence-electron chi connectivity index (χ2n) is 5.91. The number of nitrogens with one attached hydrogen (secondary N) is 2. The smallest absolute Gasteiger partial charge is 0.261 e. The Balaban J connectivity index is 1.82. The molecule has 0 fully saturated rings. The summed E-state index contributed by atoms with van der Waals surface area (Å²) in [5.74, 6) is -1.07. The van der Waals surface area contributed by atoms with E-state index in [0.717, 1.165) is 6.26 Å². The van der Waals surface area contributed by atoms with Gasteiger partial charge in [0.1, 0.15) is 0 Å². The van der Waals surface area contributed by atoms with E-state index in [9.17, 15) is 23.1 Å². The zero-order valence-corrected chi connectivity index (χ0v) is 14.1. The number of amides is 1. The van der Waals surface area contributed by atoms with E-state index in [1.807, 2.05) is 0 Å². The molecule has 0 unspecified atom stereocenters. The Kier molecular flexibility index (Phi) is 4.09. The number of ketones is 1. The number of hydrogen-bond acceptors (Lipinski definition) is 5. The lowest BCUT2D eigenvalue weighted by Crippen LogP contribution is -2.36. The van der Waals surface area contributed by atoms with Gasteiger partial charge in [-0.05, 0) is 30.3 Å². The Morgan fingerprint density at radius 2 is 1.80 bits per heavy atom. The van der Waals surface area contributed by atoms with Gasteiger partial charge in [0.05, 0.1) is 12.7 Å². The van der Waals surface area contributed by atoms with Crippen molar-refractivity contribution >= 4 is 33.1 Å². The normalized spacial score (nSPS) is 19.2. The Bertz CT molecular complexity index is 953. The predicted octanol–water partition coefficient (Wildman–Crippen LogP) is 1.47. The van der Waals surface area contributed by atoms with Crippen LogP contribution in [0.3, 0.4) is 0 Å². The van der Waals surface area contributed by atoms with E-state index in [1.54, 1.807) is 24.3 Å². The van der Waals surface area contributed by atoms with Gasteiger partial charge in [0, 0.05) is 22.5 Å². The van der Waals surface area contributed by atoms with E-state index in [0.29, 0.717) is 16.9 Å². The first-order valence-electron chi connectivity index (χ1n) is 7.43. The van der Waals surface area contributed by atoms with Gasteiger partial charge in [-0.3, -0.25) is 14.3 Å². The molecule has 0 aromatic heterocycles. The Hall–Kier alpha value is -2.71. The van der Waals surface area contributed by atoms with Crippen LogP contribution in [0.25, 0.3) is 0 Å². The highest BCUT2D eigenvalue weighted by molar-refractivity contribution is 7.92. The highest BCUT2D eigenvalue weighted by atomic mass is 32.2. The van der Waals surface area contributed by atoms with E-state index >= 15 is 0 Å². The summed E-state index contributed by atoms with van der Waals surface area (Å²) >= 11 is 0. The zero-order chi connectivity index (χ0) is 18.2. The molecular formula is C17H16N2O5S. The summed E-state index contributed by atoms with van der Waals surface area (Å²) in [5, 5.41) is 13.3. The maximum absolute atomic E-state index is 12.5. The summed E-state index contributed by atoms with van der Waals surface area (Å²) in [6.07, 6.45) is 0.617. The van der Waals surface area contributed by atoms with E-state index in [4.69, 9.17) is 0 Å². The van der Waals surface area contributed by atoms with Crippen molar-refractivity contribution in [1.82, 2.24) is 0 Å². The molecule has 1 heterocycles. The molecule has 0 aliphatic carbocycles. The molecule has 130 valence electrons. The summed E-state index contributed by atoms with van der Waals surface area (Å²) in [5.41, 5.74) is -0.484. The van der Waals surface area contributed by atoms with Crippen LogP contribution in [0.5, 0.6) is 0 Å². The van der Waals surface area contributed by atoms with Crippen LogP contribution in [-0.4, -0.2) is 31.5 Å². The molecule has 7 nitrogen and oxygen atoms in total. The lowest BCUT2D eigenvalue weighted by Gasteiger charge is -2.20. The van der Waals surface area contributed by atoms with E-state index < -0.39 is 33.7 Å². The summed E-state index contributed by atoms with van der Waals surface area (Å²) in [6, 6.07) is 12.4. The minimum absolute atomic E-state index is 0.268. The fourth-order valence-corrected chi connectivity index (χ4v) is 3.31. The third-order valence-electron chi connectivity index (χ3n) is 3.92.